The fraction of sp³-hybridized carbons (Fsp3) is 0.444. The highest BCUT2D eigenvalue weighted by molar-refractivity contribution is 6.35. The second-order valence-corrected chi connectivity index (χ2v) is 13.8. The third kappa shape index (κ3) is 2.42. The van der Waals surface area contributed by atoms with Gasteiger partial charge in [-0.25, -0.2) is 0 Å². The molecule has 2 unspecified atom stereocenters. The zero-order chi connectivity index (χ0) is 24.0. The highest BCUT2D eigenvalue weighted by Crippen LogP contribution is 2.54. The van der Waals surface area contributed by atoms with Gasteiger partial charge < -0.3 is 0 Å². The Bertz CT molecular complexity index is 1680. The summed E-state index contributed by atoms with van der Waals surface area (Å²) in [4.78, 5) is 0. The van der Waals surface area contributed by atoms with Gasteiger partial charge in [0.25, 0.3) is 0 Å². The molecule has 4 aliphatic carbocycles. The largest absolute Gasteiger partial charge is 0.0619 e. The highest BCUT2D eigenvalue weighted by atomic mass is 14.4. The van der Waals surface area contributed by atoms with E-state index in [1.807, 2.05) is 0 Å². The van der Waals surface area contributed by atoms with E-state index in [2.05, 4.69) is 52.0 Å². The maximum absolute atomic E-state index is 2.64. The molecule has 5 aromatic carbocycles. The van der Waals surface area contributed by atoms with Gasteiger partial charge in [0, 0.05) is 0 Å². The fourth-order valence-corrected chi connectivity index (χ4v) is 9.57. The minimum atomic E-state index is 0.699. The van der Waals surface area contributed by atoms with E-state index >= 15 is 0 Å². The summed E-state index contributed by atoms with van der Waals surface area (Å²) in [5.74, 6) is 2.92. The van der Waals surface area contributed by atoms with Crippen LogP contribution in [0, 0.1) is 23.7 Å². The lowest BCUT2D eigenvalue weighted by molar-refractivity contribution is 0.502. The first-order valence-corrected chi connectivity index (χ1v) is 14.7. The van der Waals surface area contributed by atoms with Crippen LogP contribution >= 0.6 is 0 Å². The van der Waals surface area contributed by atoms with E-state index in [1.54, 1.807) is 82.2 Å². The monoisotopic (exact) mass is 468 g/mol. The number of fused-ring (bicyclic) bond motifs is 6. The molecule has 5 aromatic rings. The van der Waals surface area contributed by atoms with Gasteiger partial charge in [-0.2, -0.15) is 0 Å². The number of rotatable bonds is 0. The van der Waals surface area contributed by atoms with E-state index in [-0.39, 0.29) is 0 Å². The average molecular weight is 469 g/mol. The number of hydrogen-bond donors (Lipinski definition) is 0. The summed E-state index contributed by atoms with van der Waals surface area (Å²) < 4.78 is 0. The van der Waals surface area contributed by atoms with Gasteiger partial charge in [0.15, 0.2) is 0 Å². The third-order valence-electron chi connectivity index (χ3n) is 10.6. The Morgan fingerprint density at radius 3 is 1.25 bits per heavy atom. The third-order valence-corrected chi connectivity index (χ3v) is 10.6. The summed E-state index contributed by atoms with van der Waals surface area (Å²) >= 11 is 0. The molecule has 0 aliphatic heterocycles. The lowest BCUT2D eigenvalue weighted by atomic mass is 9.65. The molecule has 0 heteroatoms. The van der Waals surface area contributed by atoms with Crippen molar-refractivity contribution in [3.8, 4) is 0 Å². The number of benzene rings is 5. The van der Waals surface area contributed by atoms with Crippen molar-refractivity contribution in [2.24, 2.45) is 23.7 Å². The van der Waals surface area contributed by atoms with Crippen molar-refractivity contribution < 1.29 is 0 Å². The van der Waals surface area contributed by atoms with Crippen LogP contribution in [0.25, 0.3) is 43.1 Å². The van der Waals surface area contributed by atoms with Crippen LogP contribution < -0.4 is 0 Å². The van der Waals surface area contributed by atoms with Gasteiger partial charge in [-0.3, -0.25) is 0 Å². The summed E-state index contributed by atoms with van der Waals surface area (Å²) in [6.45, 7) is 10.0. The predicted molar refractivity (Wildman–Crippen MR) is 154 cm³/mol. The second-order valence-electron chi connectivity index (χ2n) is 13.8. The van der Waals surface area contributed by atoms with Gasteiger partial charge >= 0.3 is 0 Å². The Morgan fingerprint density at radius 2 is 0.778 bits per heavy atom. The van der Waals surface area contributed by atoms with Crippen LogP contribution in [0.4, 0.5) is 0 Å². The molecule has 0 saturated heterocycles. The van der Waals surface area contributed by atoms with Crippen molar-refractivity contribution in [1.82, 2.24) is 0 Å². The standard InChI is InChI=1S/C36H36/c1-17-5-21-13-23-14-22(6-17)16-31-32(23)30(15-21)34-28-11-19(3)9-26-24(28)7-18(2)8-25-27-10-20(4)12-29(25)35(31)36(34)33(26)27/h13-20H,5-12H2,1-4H3. The van der Waals surface area contributed by atoms with E-state index in [9.17, 15) is 0 Å². The Morgan fingerprint density at radius 1 is 0.389 bits per heavy atom. The van der Waals surface area contributed by atoms with Crippen LogP contribution in [0.2, 0.25) is 0 Å². The van der Waals surface area contributed by atoms with Gasteiger partial charge in [-0.05, 0) is 163 Å². The van der Waals surface area contributed by atoms with Gasteiger partial charge in [-0.1, -0.05) is 52.0 Å². The molecular formula is C36H36. The molecule has 0 fully saturated rings. The molecule has 9 rings (SSSR count). The first-order chi connectivity index (χ1) is 17.4. The molecule has 2 atom stereocenters. The Hall–Kier alpha value is -2.60. The van der Waals surface area contributed by atoms with Crippen molar-refractivity contribution in [3.05, 3.63) is 68.8 Å². The predicted octanol–water partition coefficient (Wildman–Crippen LogP) is 8.68. The number of hydrogen-bond acceptors (Lipinski definition) is 0. The summed E-state index contributed by atoms with van der Waals surface area (Å²) in [5.41, 5.74) is 13.7. The molecule has 180 valence electrons. The normalized spacial score (nSPS) is 26.6. The molecule has 0 saturated carbocycles. The van der Waals surface area contributed by atoms with E-state index < -0.39 is 0 Å². The minimum absolute atomic E-state index is 0.699. The van der Waals surface area contributed by atoms with Crippen molar-refractivity contribution in [3.63, 3.8) is 0 Å². The van der Waals surface area contributed by atoms with Crippen LogP contribution in [-0.4, -0.2) is 0 Å². The molecule has 0 nitrogen and oxygen atoms in total. The van der Waals surface area contributed by atoms with Crippen LogP contribution in [0.1, 0.15) is 72.2 Å². The quantitative estimate of drug-likeness (QED) is 0.157. The first-order valence-electron chi connectivity index (χ1n) is 14.7. The summed E-state index contributed by atoms with van der Waals surface area (Å²) in [6.07, 6.45) is 10.1. The lowest BCUT2D eigenvalue weighted by Crippen LogP contribution is -2.26. The van der Waals surface area contributed by atoms with Crippen LogP contribution in [0.3, 0.4) is 0 Å². The summed E-state index contributed by atoms with van der Waals surface area (Å²) in [6, 6.07) is 10.4. The van der Waals surface area contributed by atoms with E-state index in [1.165, 1.54) is 56.8 Å². The van der Waals surface area contributed by atoms with Crippen molar-refractivity contribution in [2.75, 3.05) is 0 Å². The Labute approximate surface area is 214 Å². The fourth-order valence-electron chi connectivity index (χ4n) is 9.57. The van der Waals surface area contributed by atoms with Gasteiger partial charge in [0.05, 0.1) is 0 Å². The van der Waals surface area contributed by atoms with Gasteiger partial charge in [-0.15, -0.1) is 0 Å². The first kappa shape index (κ1) is 20.5. The molecule has 0 heterocycles. The Kier molecular flexibility index (Phi) is 3.77. The maximum atomic E-state index is 2.64. The maximum Gasteiger partial charge on any atom is -0.00149 e. The second kappa shape index (κ2) is 6.63. The summed E-state index contributed by atoms with van der Waals surface area (Å²) in [7, 11) is 0. The highest BCUT2D eigenvalue weighted by Gasteiger charge is 2.36. The zero-order valence-electron chi connectivity index (χ0n) is 22.3. The topological polar surface area (TPSA) is 0 Å². The SMILES string of the molecule is CC1Cc2cc3cc(cc4c5c6c7c(c8c9c(c(c(c(c2)c34)c85)CC(C)C9)CC(C)C7)CC(C)C6)C1. The molecule has 36 heavy (non-hydrogen) atoms. The molecule has 0 N–H and O–H groups in total. The van der Waals surface area contributed by atoms with E-state index in [0.717, 1.165) is 17.8 Å². The molecule has 0 amide bonds. The van der Waals surface area contributed by atoms with Gasteiger partial charge in [0.2, 0.25) is 0 Å². The van der Waals surface area contributed by atoms with E-state index in [0.29, 0.717) is 5.92 Å². The van der Waals surface area contributed by atoms with E-state index in [4.69, 9.17) is 0 Å². The van der Waals surface area contributed by atoms with Crippen molar-refractivity contribution >= 4 is 43.1 Å². The van der Waals surface area contributed by atoms with Crippen molar-refractivity contribution in [2.45, 2.75) is 79.1 Å². The molecule has 0 aromatic heterocycles. The van der Waals surface area contributed by atoms with Crippen LogP contribution in [0.5, 0.6) is 0 Å². The summed E-state index contributed by atoms with van der Waals surface area (Å²) in [5, 5.41) is 13.0. The molecule has 10 bridgehead atoms. The molecule has 0 radical (unpaired) electrons. The Balaban J connectivity index is 1.66. The minimum Gasteiger partial charge on any atom is -0.0619 e. The molecule has 4 aliphatic rings. The lowest BCUT2D eigenvalue weighted by Gasteiger charge is -2.39. The smallest absolute Gasteiger partial charge is 0.00149 e. The average Bonchev–Trinajstić information content (AvgIpc) is 2.79. The molecule has 0 spiro atoms. The van der Waals surface area contributed by atoms with Crippen LogP contribution in [-0.2, 0) is 51.4 Å². The zero-order valence-corrected chi connectivity index (χ0v) is 22.3. The van der Waals surface area contributed by atoms with Gasteiger partial charge in [0.1, 0.15) is 0 Å². The molecular weight excluding hydrogens is 432 g/mol. The van der Waals surface area contributed by atoms with Crippen LogP contribution in [0.15, 0.2) is 24.3 Å². The van der Waals surface area contributed by atoms with Crippen molar-refractivity contribution in [1.29, 1.82) is 0 Å².